The Kier molecular flexibility index (Phi) is 7.69. The fraction of sp³-hybridized carbons (Fsp3) is 0.238. The molecule has 2 N–H and O–H groups in total. The van der Waals surface area contributed by atoms with E-state index in [2.05, 4.69) is 10.6 Å². The topological polar surface area (TPSA) is 83.4 Å². The fourth-order valence-corrected chi connectivity index (χ4v) is 2.51. The minimum absolute atomic E-state index is 0.206. The molecule has 0 heterocycles. The molecule has 0 radical (unpaired) electrons. The molecule has 0 aliphatic rings. The molecule has 2 rings (SSSR count). The van der Waals surface area contributed by atoms with Crippen molar-refractivity contribution in [2.24, 2.45) is 0 Å². The van der Waals surface area contributed by atoms with Gasteiger partial charge in [0.05, 0.1) is 19.8 Å². The van der Waals surface area contributed by atoms with Crippen LogP contribution in [0.1, 0.15) is 11.1 Å². The van der Waals surface area contributed by atoms with Crippen LogP contribution < -0.4 is 20.1 Å². The molecule has 2 aromatic carbocycles. The van der Waals surface area contributed by atoms with Gasteiger partial charge >= 0.3 is 6.18 Å². The zero-order chi connectivity index (χ0) is 22.1. The first kappa shape index (κ1) is 22.6. The highest BCUT2D eigenvalue weighted by Gasteiger charge is 2.29. The monoisotopic (exact) mass is 419 g/mol. The summed E-state index contributed by atoms with van der Waals surface area (Å²) in [5.41, 5.74) is 0.222. The number of nitriles is 1. The molecule has 0 fully saturated rings. The van der Waals surface area contributed by atoms with Gasteiger partial charge in [0.1, 0.15) is 11.6 Å². The van der Waals surface area contributed by atoms with Crippen LogP contribution in [0, 0.1) is 11.3 Å². The van der Waals surface area contributed by atoms with Gasteiger partial charge < -0.3 is 20.1 Å². The molecule has 6 nitrogen and oxygen atoms in total. The van der Waals surface area contributed by atoms with Crippen LogP contribution in [0.5, 0.6) is 11.5 Å². The average Bonchev–Trinajstić information content (AvgIpc) is 2.73. The number of carbonyl (C=O) groups excluding carboxylic acids is 1. The van der Waals surface area contributed by atoms with E-state index in [0.717, 1.165) is 23.9 Å². The number of nitrogens with zero attached hydrogens (tertiary/aromatic N) is 1. The number of rotatable bonds is 8. The maximum absolute atomic E-state index is 12.6. The minimum Gasteiger partial charge on any atom is -0.493 e. The van der Waals surface area contributed by atoms with Gasteiger partial charge in [-0.1, -0.05) is 6.07 Å². The largest absolute Gasteiger partial charge is 0.493 e. The van der Waals surface area contributed by atoms with Crippen molar-refractivity contribution < 1.29 is 27.4 Å². The van der Waals surface area contributed by atoms with Gasteiger partial charge in [-0.25, -0.2) is 0 Å². The lowest BCUT2D eigenvalue weighted by molar-refractivity contribution is -0.137. The SMILES string of the molecule is COc1ccc(CCNC(=O)/C(C#N)=C\Nc2ccc(C(F)(F)F)cc2)cc1OC. The summed E-state index contributed by atoms with van der Waals surface area (Å²) >= 11 is 0. The first-order valence-electron chi connectivity index (χ1n) is 8.81. The highest BCUT2D eigenvalue weighted by atomic mass is 19.4. The van der Waals surface area contributed by atoms with Crippen molar-refractivity contribution in [3.8, 4) is 17.6 Å². The van der Waals surface area contributed by atoms with Crippen molar-refractivity contribution in [2.75, 3.05) is 26.1 Å². The van der Waals surface area contributed by atoms with Crippen molar-refractivity contribution in [1.29, 1.82) is 5.26 Å². The Morgan fingerprint density at radius 1 is 1.10 bits per heavy atom. The van der Waals surface area contributed by atoms with E-state index in [1.54, 1.807) is 18.2 Å². The maximum Gasteiger partial charge on any atom is 0.416 e. The maximum atomic E-state index is 12.6. The Morgan fingerprint density at radius 2 is 1.77 bits per heavy atom. The van der Waals surface area contributed by atoms with Crippen molar-refractivity contribution in [2.45, 2.75) is 12.6 Å². The van der Waals surface area contributed by atoms with Gasteiger partial charge in [-0.05, 0) is 48.4 Å². The Hall–Kier alpha value is -3.67. The number of alkyl halides is 3. The van der Waals surface area contributed by atoms with E-state index in [4.69, 9.17) is 14.7 Å². The summed E-state index contributed by atoms with van der Waals surface area (Å²) in [6.07, 6.45) is -2.79. The molecule has 158 valence electrons. The fourth-order valence-electron chi connectivity index (χ4n) is 2.51. The third-order valence-corrected chi connectivity index (χ3v) is 4.11. The van der Waals surface area contributed by atoms with Crippen LogP contribution in [0.15, 0.2) is 54.2 Å². The number of benzene rings is 2. The Balaban J connectivity index is 1.92. The second-order valence-electron chi connectivity index (χ2n) is 6.08. The van der Waals surface area contributed by atoms with E-state index in [1.165, 1.54) is 26.4 Å². The first-order chi connectivity index (χ1) is 14.3. The van der Waals surface area contributed by atoms with Crippen molar-refractivity contribution in [3.63, 3.8) is 0 Å². The van der Waals surface area contributed by atoms with Gasteiger partial charge in [0, 0.05) is 18.4 Å². The highest BCUT2D eigenvalue weighted by molar-refractivity contribution is 5.97. The molecule has 0 saturated carbocycles. The van der Waals surface area contributed by atoms with Crippen molar-refractivity contribution in [3.05, 3.63) is 65.4 Å². The van der Waals surface area contributed by atoms with Crippen LogP contribution in [-0.4, -0.2) is 26.7 Å². The van der Waals surface area contributed by atoms with Crippen molar-refractivity contribution in [1.82, 2.24) is 5.32 Å². The standard InChI is InChI=1S/C21H20F3N3O3/c1-29-18-8-3-14(11-19(18)30-2)9-10-26-20(28)15(12-25)13-27-17-6-4-16(5-7-17)21(22,23)24/h3-8,11,13,27H,9-10H2,1-2H3,(H,26,28)/b15-13-. The minimum atomic E-state index is -4.43. The van der Waals surface area contributed by atoms with Gasteiger partial charge in [0.2, 0.25) is 0 Å². The second kappa shape index (κ2) is 10.2. The number of anilines is 1. The molecular formula is C21H20F3N3O3. The number of halogens is 3. The number of amides is 1. The van der Waals surface area contributed by atoms with Crippen LogP contribution in [0.4, 0.5) is 18.9 Å². The van der Waals surface area contributed by atoms with Gasteiger partial charge in [-0.3, -0.25) is 4.79 Å². The van der Waals surface area contributed by atoms with E-state index in [-0.39, 0.29) is 12.1 Å². The number of methoxy groups -OCH3 is 2. The van der Waals surface area contributed by atoms with Crippen LogP contribution in [-0.2, 0) is 17.4 Å². The number of hydrogen-bond donors (Lipinski definition) is 2. The lowest BCUT2D eigenvalue weighted by Crippen LogP contribution is -2.27. The zero-order valence-corrected chi connectivity index (χ0v) is 16.3. The summed E-state index contributed by atoms with van der Waals surface area (Å²) in [7, 11) is 3.06. The number of nitrogens with one attached hydrogen (secondary N) is 2. The molecule has 0 unspecified atom stereocenters. The summed E-state index contributed by atoms with van der Waals surface area (Å²) in [4.78, 5) is 12.2. The molecule has 0 saturated heterocycles. The summed E-state index contributed by atoms with van der Waals surface area (Å²) in [5, 5.41) is 14.4. The Morgan fingerprint density at radius 3 is 2.33 bits per heavy atom. The molecule has 0 aromatic heterocycles. The smallest absolute Gasteiger partial charge is 0.416 e. The molecule has 0 aliphatic heterocycles. The quantitative estimate of drug-likeness (QED) is 0.501. The van der Waals surface area contributed by atoms with Gasteiger partial charge in [-0.2, -0.15) is 18.4 Å². The van der Waals surface area contributed by atoms with Crippen LogP contribution in [0.2, 0.25) is 0 Å². The van der Waals surface area contributed by atoms with Gasteiger partial charge in [-0.15, -0.1) is 0 Å². The van der Waals surface area contributed by atoms with E-state index < -0.39 is 17.6 Å². The van der Waals surface area contributed by atoms with Crippen molar-refractivity contribution >= 4 is 11.6 Å². The van der Waals surface area contributed by atoms with E-state index in [0.29, 0.717) is 23.6 Å². The summed E-state index contributed by atoms with van der Waals surface area (Å²) in [6.45, 7) is 0.271. The van der Waals surface area contributed by atoms with Gasteiger partial charge in [0.15, 0.2) is 11.5 Å². The number of ether oxygens (including phenoxy) is 2. The zero-order valence-electron chi connectivity index (χ0n) is 16.3. The molecule has 2 aromatic rings. The lowest BCUT2D eigenvalue weighted by Gasteiger charge is -2.10. The summed E-state index contributed by atoms with van der Waals surface area (Å²) in [6, 6.07) is 11.4. The molecule has 0 spiro atoms. The molecule has 0 aliphatic carbocycles. The van der Waals surface area contributed by atoms with Gasteiger partial charge in [0.25, 0.3) is 5.91 Å². The number of hydrogen-bond acceptors (Lipinski definition) is 5. The lowest BCUT2D eigenvalue weighted by atomic mass is 10.1. The van der Waals surface area contributed by atoms with Crippen LogP contribution in [0.3, 0.4) is 0 Å². The molecular weight excluding hydrogens is 399 g/mol. The third-order valence-electron chi connectivity index (χ3n) is 4.11. The molecule has 0 bridgehead atoms. The highest BCUT2D eigenvalue weighted by Crippen LogP contribution is 2.30. The molecule has 30 heavy (non-hydrogen) atoms. The average molecular weight is 419 g/mol. The molecule has 1 amide bonds. The summed E-state index contributed by atoms with van der Waals surface area (Å²) < 4.78 is 48.1. The molecule has 9 heteroatoms. The Labute approximate surface area is 171 Å². The first-order valence-corrected chi connectivity index (χ1v) is 8.81. The van der Waals surface area contributed by atoms with E-state index >= 15 is 0 Å². The molecule has 0 atom stereocenters. The normalized spacial score (nSPS) is 11.4. The second-order valence-corrected chi connectivity index (χ2v) is 6.08. The van der Waals surface area contributed by atoms with Crippen LogP contribution in [0.25, 0.3) is 0 Å². The number of carbonyl (C=O) groups is 1. The van der Waals surface area contributed by atoms with E-state index in [9.17, 15) is 18.0 Å². The predicted molar refractivity (Wildman–Crippen MR) is 105 cm³/mol. The predicted octanol–water partition coefficient (Wildman–Crippen LogP) is 3.90. The third kappa shape index (κ3) is 6.17. The van der Waals surface area contributed by atoms with Crippen LogP contribution >= 0.6 is 0 Å². The summed E-state index contributed by atoms with van der Waals surface area (Å²) in [5.74, 6) is 0.561. The van der Waals surface area contributed by atoms with E-state index in [1.807, 2.05) is 6.07 Å². The Bertz CT molecular complexity index is 949.